The van der Waals surface area contributed by atoms with Crippen LogP contribution >= 0.6 is 0 Å². The van der Waals surface area contributed by atoms with Crippen molar-refractivity contribution in [2.45, 2.75) is 0 Å². The summed E-state index contributed by atoms with van der Waals surface area (Å²) in [5, 5.41) is 3.97. The lowest BCUT2D eigenvalue weighted by Crippen LogP contribution is -2.11. The number of para-hydroxylation sites is 1. The van der Waals surface area contributed by atoms with Crippen molar-refractivity contribution in [3.63, 3.8) is 0 Å². The van der Waals surface area contributed by atoms with Crippen LogP contribution in [0.2, 0.25) is 0 Å². The number of fused-ring (bicyclic) bond motifs is 1. The van der Waals surface area contributed by atoms with Gasteiger partial charge in [0, 0.05) is 0 Å². The van der Waals surface area contributed by atoms with E-state index in [1.54, 1.807) is 24.3 Å². The van der Waals surface area contributed by atoms with Gasteiger partial charge in [0.05, 0.1) is 11.6 Å². The van der Waals surface area contributed by atoms with Crippen molar-refractivity contribution >= 4 is 23.1 Å². The van der Waals surface area contributed by atoms with Crippen molar-refractivity contribution in [2.24, 2.45) is 5.16 Å². The Morgan fingerprint density at radius 3 is 2.94 bits per heavy atom. The van der Waals surface area contributed by atoms with Gasteiger partial charge in [-0.15, -0.1) is 0 Å². The standard InChI is InChI=1S/C11H10N2O3/c1-15-13-6-8-10(14)7-4-2-3-5-9(7)16-11(8)12/h2-6H,12H2,1H3/b13-6+. The maximum Gasteiger partial charge on any atom is 0.203 e. The third kappa shape index (κ3) is 1.63. The first-order valence-electron chi connectivity index (χ1n) is 4.62. The van der Waals surface area contributed by atoms with Gasteiger partial charge >= 0.3 is 0 Å². The monoisotopic (exact) mass is 218 g/mol. The summed E-state index contributed by atoms with van der Waals surface area (Å²) in [6.45, 7) is 0. The lowest BCUT2D eigenvalue weighted by Gasteiger charge is -2.01. The number of hydrogen-bond acceptors (Lipinski definition) is 5. The Hall–Kier alpha value is -2.30. The molecule has 0 aliphatic carbocycles. The van der Waals surface area contributed by atoms with E-state index in [1.165, 1.54) is 13.3 Å². The molecule has 0 saturated carbocycles. The van der Waals surface area contributed by atoms with Crippen LogP contribution in [-0.4, -0.2) is 13.3 Å². The molecule has 0 aliphatic rings. The predicted octanol–water partition coefficient (Wildman–Crippen LogP) is 1.36. The van der Waals surface area contributed by atoms with Crippen molar-refractivity contribution in [1.29, 1.82) is 0 Å². The first-order chi connectivity index (χ1) is 7.74. The van der Waals surface area contributed by atoms with E-state index in [-0.39, 0.29) is 16.9 Å². The van der Waals surface area contributed by atoms with Gasteiger partial charge in [0.25, 0.3) is 0 Å². The molecule has 0 aliphatic heterocycles. The molecule has 2 rings (SSSR count). The molecule has 0 atom stereocenters. The molecule has 82 valence electrons. The van der Waals surface area contributed by atoms with E-state index in [1.807, 2.05) is 0 Å². The van der Waals surface area contributed by atoms with E-state index in [4.69, 9.17) is 10.2 Å². The minimum Gasteiger partial charge on any atom is -0.440 e. The molecule has 16 heavy (non-hydrogen) atoms. The van der Waals surface area contributed by atoms with Gasteiger partial charge in [0.2, 0.25) is 11.3 Å². The molecule has 2 N–H and O–H groups in total. The fourth-order valence-electron chi connectivity index (χ4n) is 1.40. The normalized spacial score (nSPS) is 11.1. The lowest BCUT2D eigenvalue weighted by molar-refractivity contribution is 0.215. The molecule has 0 radical (unpaired) electrons. The van der Waals surface area contributed by atoms with Crippen LogP contribution < -0.4 is 11.2 Å². The molecule has 0 unspecified atom stereocenters. The predicted molar refractivity (Wildman–Crippen MR) is 61.5 cm³/mol. The van der Waals surface area contributed by atoms with Gasteiger partial charge in [-0.05, 0) is 12.1 Å². The highest BCUT2D eigenvalue weighted by Crippen LogP contribution is 2.15. The Morgan fingerprint density at radius 1 is 1.44 bits per heavy atom. The second-order valence-electron chi connectivity index (χ2n) is 3.12. The lowest BCUT2D eigenvalue weighted by atomic mass is 10.2. The smallest absolute Gasteiger partial charge is 0.203 e. The maximum absolute atomic E-state index is 12.0. The molecule has 0 bridgehead atoms. The van der Waals surface area contributed by atoms with Crippen molar-refractivity contribution in [1.82, 2.24) is 0 Å². The highest BCUT2D eigenvalue weighted by Gasteiger charge is 2.09. The Labute approximate surface area is 91.1 Å². The van der Waals surface area contributed by atoms with Gasteiger partial charge in [0.1, 0.15) is 18.3 Å². The number of oxime groups is 1. The zero-order chi connectivity index (χ0) is 11.5. The first kappa shape index (κ1) is 10.2. The van der Waals surface area contributed by atoms with Gasteiger partial charge in [-0.25, -0.2) is 0 Å². The van der Waals surface area contributed by atoms with Gasteiger partial charge in [-0.3, -0.25) is 4.79 Å². The highest BCUT2D eigenvalue weighted by molar-refractivity contribution is 5.90. The van der Waals surface area contributed by atoms with Crippen molar-refractivity contribution in [3.05, 3.63) is 40.1 Å². The number of nitrogen functional groups attached to an aromatic ring is 1. The summed E-state index contributed by atoms with van der Waals surface area (Å²) in [5.41, 5.74) is 6.05. The van der Waals surface area contributed by atoms with Crippen LogP contribution in [0.15, 0.2) is 38.6 Å². The summed E-state index contributed by atoms with van der Waals surface area (Å²) < 4.78 is 5.30. The largest absolute Gasteiger partial charge is 0.440 e. The topological polar surface area (TPSA) is 77.8 Å². The molecule has 1 heterocycles. The molecule has 0 spiro atoms. The third-order valence-corrected chi connectivity index (χ3v) is 2.15. The fraction of sp³-hybridized carbons (Fsp3) is 0.0909. The molecular weight excluding hydrogens is 208 g/mol. The SMILES string of the molecule is CO/N=C/c1c(N)oc2ccccc2c1=O. The van der Waals surface area contributed by atoms with Crippen LogP contribution in [0.25, 0.3) is 11.0 Å². The van der Waals surface area contributed by atoms with Crippen LogP contribution in [0, 0.1) is 0 Å². The van der Waals surface area contributed by atoms with Crippen molar-refractivity contribution < 1.29 is 9.25 Å². The minimum absolute atomic E-state index is 0.0319. The van der Waals surface area contributed by atoms with E-state index in [0.29, 0.717) is 11.0 Å². The van der Waals surface area contributed by atoms with Gasteiger partial charge in [0.15, 0.2) is 0 Å². The summed E-state index contributed by atoms with van der Waals surface area (Å²) in [6.07, 6.45) is 1.24. The highest BCUT2D eigenvalue weighted by atomic mass is 16.6. The molecule has 2 aromatic rings. The van der Waals surface area contributed by atoms with E-state index >= 15 is 0 Å². The van der Waals surface area contributed by atoms with Gasteiger partial charge < -0.3 is 15.0 Å². The van der Waals surface area contributed by atoms with Crippen LogP contribution in [-0.2, 0) is 4.84 Å². The van der Waals surface area contributed by atoms with Crippen molar-refractivity contribution in [2.75, 3.05) is 12.8 Å². The summed E-state index contributed by atoms with van der Waals surface area (Å²) in [7, 11) is 1.38. The van der Waals surface area contributed by atoms with E-state index in [2.05, 4.69) is 9.99 Å². The molecular formula is C11H10N2O3. The Bertz CT molecular complexity index is 602. The fourth-order valence-corrected chi connectivity index (χ4v) is 1.40. The molecule has 5 heteroatoms. The van der Waals surface area contributed by atoms with E-state index < -0.39 is 0 Å². The second kappa shape index (κ2) is 4.06. The molecule has 1 aromatic heterocycles. The maximum atomic E-state index is 12.0. The molecule has 1 aromatic carbocycles. The average molecular weight is 218 g/mol. The Morgan fingerprint density at radius 2 is 2.19 bits per heavy atom. The second-order valence-corrected chi connectivity index (χ2v) is 3.12. The number of rotatable bonds is 2. The van der Waals surface area contributed by atoms with Crippen LogP contribution in [0.4, 0.5) is 5.88 Å². The zero-order valence-corrected chi connectivity index (χ0v) is 8.64. The van der Waals surface area contributed by atoms with Gasteiger partial charge in [-0.2, -0.15) is 0 Å². The Kier molecular flexibility index (Phi) is 2.59. The Balaban J connectivity index is 2.76. The number of benzene rings is 1. The third-order valence-electron chi connectivity index (χ3n) is 2.15. The molecule has 0 amide bonds. The van der Waals surface area contributed by atoms with Crippen LogP contribution in [0.5, 0.6) is 0 Å². The summed E-state index contributed by atoms with van der Waals surface area (Å²) in [5.74, 6) is 0.0319. The average Bonchev–Trinajstić information content (AvgIpc) is 2.29. The first-order valence-corrected chi connectivity index (χ1v) is 4.62. The molecule has 0 fully saturated rings. The van der Waals surface area contributed by atoms with E-state index in [9.17, 15) is 4.79 Å². The number of nitrogens with two attached hydrogens (primary N) is 1. The van der Waals surface area contributed by atoms with Gasteiger partial charge in [-0.1, -0.05) is 17.3 Å². The number of anilines is 1. The summed E-state index contributed by atoms with van der Waals surface area (Å²) >= 11 is 0. The van der Waals surface area contributed by atoms with Crippen LogP contribution in [0.1, 0.15) is 5.56 Å². The summed E-state index contributed by atoms with van der Waals surface area (Å²) in [4.78, 5) is 16.5. The summed E-state index contributed by atoms with van der Waals surface area (Å²) in [6, 6.07) is 6.88. The van der Waals surface area contributed by atoms with E-state index in [0.717, 1.165) is 0 Å². The molecule has 0 saturated heterocycles. The van der Waals surface area contributed by atoms with Crippen molar-refractivity contribution in [3.8, 4) is 0 Å². The number of hydrogen-bond donors (Lipinski definition) is 1. The van der Waals surface area contributed by atoms with Crippen LogP contribution in [0.3, 0.4) is 0 Å². The quantitative estimate of drug-likeness (QED) is 0.609. The molecule has 5 nitrogen and oxygen atoms in total. The minimum atomic E-state index is -0.222. The zero-order valence-electron chi connectivity index (χ0n) is 8.64. The number of nitrogens with zero attached hydrogens (tertiary/aromatic N) is 1.